The zero-order valence-corrected chi connectivity index (χ0v) is 16.0. The summed E-state index contributed by atoms with van der Waals surface area (Å²) in [5, 5.41) is 8.84. The average molecular weight is 332 g/mol. The first-order valence-corrected chi connectivity index (χ1v) is 8.87. The number of carboxylic acids is 1. The van der Waals surface area contributed by atoms with Gasteiger partial charge in [-0.2, -0.15) is 0 Å². The number of rotatable bonds is 5. The van der Waals surface area contributed by atoms with E-state index in [1.807, 2.05) is 27.7 Å². The zero-order valence-electron chi connectivity index (χ0n) is 16.0. The highest BCUT2D eigenvalue weighted by atomic mass is 16.4. The van der Waals surface area contributed by atoms with Crippen molar-refractivity contribution in [3.05, 3.63) is 34.9 Å². The van der Waals surface area contributed by atoms with Gasteiger partial charge in [0.25, 0.3) is 0 Å². The van der Waals surface area contributed by atoms with Crippen LogP contribution in [0, 0.1) is 17.3 Å². The molecule has 1 N–H and O–H groups in total. The predicted octanol–water partition coefficient (Wildman–Crippen LogP) is 5.33. The van der Waals surface area contributed by atoms with E-state index < -0.39 is 5.97 Å². The number of carboxylic acid groups (broad SMARTS) is 1. The van der Waals surface area contributed by atoms with Gasteiger partial charge in [0.1, 0.15) is 0 Å². The van der Waals surface area contributed by atoms with Gasteiger partial charge in [-0.1, -0.05) is 50.1 Å². The Morgan fingerprint density at radius 3 is 2.25 bits per heavy atom. The highest BCUT2D eigenvalue weighted by Gasteiger charge is 2.60. The van der Waals surface area contributed by atoms with Gasteiger partial charge in [-0.3, -0.25) is 9.59 Å². The lowest BCUT2D eigenvalue weighted by Gasteiger charge is -1.96. The number of hydrogen-bond acceptors (Lipinski definition) is 2. The van der Waals surface area contributed by atoms with Crippen LogP contribution in [0.3, 0.4) is 0 Å². The Kier molecular flexibility index (Phi) is 7.19. The molecule has 1 saturated carbocycles. The maximum absolute atomic E-state index is 11.3. The Morgan fingerprint density at radius 2 is 1.88 bits per heavy atom. The van der Waals surface area contributed by atoms with E-state index in [0.29, 0.717) is 5.78 Å². The molecule has 0 spiro atoms. The molecule has 134 valence electrons. The number of carbonyl (C=O) groups excluding carboxylic acids is 1. The van der Waals surface area contributed by atoms with E-state index in [0.717, 1.165) is 31.3 Å². The minimum atomic E-state index is -0.664. The number of carbonyl (C=O) groups is 2. The first kappa shape index (κ1) is 20.4. The summed E-state index contributed by atoms with van der Waals surface area (Å²) in [6, 6.07) is 0. The smallest absolute Gasteiger partial charge is 0.307 e. The molecule has 0 aromatic rings. The topological polar surface area (TPSA) is 54.4 Å². The van der Waals surface area contributed by atoms with Crippen LogP contribution in [0.2, 0.25) is 0 Å². The van der Waals surface area contributed by atoms with Gasteiger partial charge in [-0.15, -0.1) is 0 Å². The molecule has 2 unspecified atom stereocenters. The molecule has 0 bridgehead atoms. The summed E-state index contributed by atoms with van der Waals surface area (Å²) in [7, 11) is 0. The second kappa shape index (κ2) is 8.46. The van der Waals surface area contributed by atoms with Gasteiger partial charge in [-0.25, -0.2) is 0 Å². The molecule has 0 aromatic heterocycles. The van der Waals surface area contributed by atoms with Gasteiger partial charge in [-0.05, 0) is 56.9 Å². The number of ketones is 1. The molecule has 3 nitrogen and oxygen atoms in total. The normalized spacial score (nSPS) is 24.7. The third-order valence-electron chi connectivity index (χ3n) is 4.99. The van der Waals surface area contributed by atoms with Crippen molar-refractivity contribution in [3.63, 3.8) is 0 Å². The van der Waals surface area contributed by atoms with Crippen molar-refractivity contribution in [1.82, 2.24) is 0 Å². The predicted molar refractivity (Wildman–Crippen MR) is 98.8 cm³/mol. The molecule has 2 rings (SSSR count). The van der Waals surface area contributed by atoms with Crippen molar-refractivity contribution in [2.45, 2.75) is 67.2 Å². The Hall–Kier alpha value is -1.64. The maximum atomic E-state index is 11.3. The first-order valence-electron chi connectivity index (χ1n) is 8.87. The minimum Gasteiger partial charge on any atom is -0.481 e. The lowest BCUT2D eigenvalue weighted by molar-refractivity contribution is -0.139. The molecule has 0 amide bonds. The van der Waals surface area contributed by atoms with Gasteiger partial charge in [0.15, 0.2) is 5.78 Å². The third-order valence-corrected chi connectivity index (χ3v) is 4.99. The first-order chi connectivity index (χ1) is 11.1. The van der Waals surface area contributed by atoms with Crippen LogP contribution in [-0.2, 0) is 9.59 Å². The van der Waals surface area contributed by atoms with Crippen LogP contribution >= 0.6 is 0 Å². The summed E-state index contributed by atoms with van der Waals surface area (Å²) in [6.45, 7) is 12.2. The Bertz CT molecular complexity index is 572. The summed E-state index contributed by atoms with van der Waals surface area (Å²) in [5.74, 6) is -0.247. The SMILES string of the molecule is CC(C)=CC1C(C(=O)O)C1(C)C.CC/C=C/CC1=C(C)CCC1=O. The number of hydrogen-bond donors (Lipinski definition) is 1. The number of Topliss-reactive ketones (excluding diaryl/α,β-unsaturated/α-hetero) is 1. The fourth-order valence-electron chi connectivity index (χ4n) is 3.32. The average Bonchev–Trinajstić information content (AvgIpc) is 2.85. The second-order valence-electron chi connectivity index (χ2n) is 7.67. The van der Waals surface area contributed by atoms with Crippen LogP contribution in [0.4, 0.5) is 0 Å². The van der Waals surface area contributed by atoms with Gasteiger partial charge in [0, 0.05) is 6.42 Å². The van der Waals surface area contributed by atoms with Crippen molar-refractivity contribution in [2.24, 2.45) is 17.3 Å². The summed E-state index contributed by atoms with van der Waals surface area (Å²) >= 11 is 0. The van der Waals surface area contributed by atoms with E-state index in [2.05, 4.69) is 32.1 Å². The van der Waals surface area contributed by atoms with Crippen LogP contribution < -0.4 is 0 Å². The lowest BCUT2D eigenvalue weighted by atomic mass is 10.1. The molecule has 2 aliphatic rings. The Morgan fingerprint density at radius 1 is 1.25 bits per heavy atom. The quantitative estimate of drug-likeness (QED) is 0.692. The van der Waals surface area contributed by atoms with Crippen molar-refractivity contribution in [1.29, 1.82) is 0 Å². The molecule has 0 aliphatic heterocycles. The van der Waals surface area contributed by atoms with E-state index in [-0.39, 0.29) is 17.3 Å². The molecule has 0 heterocycles. The Labute approximate surface area is 146 Å². The maximum Gasteiger partial charge on any atom is 0.307 e. The van der Waals surface area contributed by atoms with Crippen LogP contribution in [0.25, 0.3) is 0 Å². The van der Waals surface area contributed by atoms with E-state index in [1.165, 1.54) is 11.1 Å². The Balaban J connectivity index is 0.000000240. The lowest BCUT2D eigenvalue weighted by Crippen LogP contribution is -2.02. The summed E-state index contributed by atoms with van der Waals surface area (Å²) in [5.41, 5.74) is 3.51. The van der Waals surface area contributed by atoms with Crippen LogP contribution in [-0.4, -0.2) is 16.9 Å². The van der Waals surface area contributed by atoms with Crippen LogP contribution in [0.5, 0.6) is 0 Å². The van der Waals surface area contributed by atoms with Crippen LogP contribution in [0.15, 0.2) is 34.9 Å². The van der Waals surface area contributed by atoms with Gasteiger partial charge >= 0.3 is 5.97 Å². The van der Waals surface area contributed by atoms with Crippen molar-refractivity contribution < 1.29 is 14.7 Å². The molecule has 1 fully saturated rings. The summed E-state index contributed by atoms with van der Waals surface area (Å²) < 4.78 is 0. The van der Waals surface area contributed by atoms with Crippen LogP contribution in [0.1, 0.15) is 67.2 Å². The minimum absolute atomic E-state index is 0.0386. The highest BCUT2D eigenvalue weighted by Crippen LogP contribution is 2.59. The molecular weight excluding hydrogens is 300 g/mol. The third kappa shape index (κ3) is 5.19. The van der Waals surface area contributed by atoms with E-state index in [9.17, 15) is 9.59 Å². The van der Waals surface area contributed by atoms with E-state index in [1.54, 1.807) is 0 Å². The molecule has 2 atom stereocenters. The van der Waals surface area contributed by atoms with Crippen molar-refractivity contribution in [3.8, 4) is 0 Å². The molecule has 0 aromatic carbocycles. The fourth-order valence-corrected chi connectivity index (χ4v) is 3.32. The number of aliphatic carboxylic acids is 1. The standard InChI is InChI=1S/C11H16O.C10H16O2/c1-3-4-5-6-10-9(2)7-8-11(10)12;1-6(2)5-7-8(9(11)12)10(7,3)4/h4-5H,3,6-8H2,1-2H3;5,7-8H,1-4H3,(H,11,12)/b5-4+;. The largest absolute Gasteiger partial charge is 0.481 e. The molecule has 0 radical (unpaired) electrons. The monoisotopic (exact) mass is 332 g/mol. The highest BCUT2D eigenvalue weighted by molar-refractivity contribution is 5.98. The number of allylic oxidation sites excluding steroid dienone is 6. The fraction of sp³-hybridized carbons (Fsp3) is 0.619. The van der Waals surface area contributed by atoms with Gasteiger partial charge < -0.3 is 5.11 Å². The van der Waals surface area contributed by atoms with Crippen molar-refractivity contribution in [2.75, 3.05) is 0 Å². The molecular formula is C21H32O3. The molecule has 3 heteroatoms. The van der Waals surface area contributed by atoms with E-state index in [4.69, 9.17) is 5.11 Å². The summed E-state index contributed by atoms with van der Waals surface area (Å²) in [4.78, 5) is 22.0. The molecule has 24 heavy (non-hydrogen) atoms. The molecule has 2 aliphatic carbocycles. The van der Waals surface area contributed by atoms with E-state index >= 15 is 0 Å². The zero-order chi connectivity index (χ0) is 18.5. The van der Waals surface area contributed by atoms with Crippen molar-refractivity contribution >= 4 is 11.8 Å². The molecule has 0 saturated heterocycles. The van der Waals surface area contributed by atoms with Gasteiger partial charge in [0.05, 0.1) is 5.92 Å². The second-order valence-corrected chi connectivity index (χ2v) is 7.67. The summed E-state index contributed by atoms with van der Waals surface area (Å²) in [6.07, 6.45) is 9.90. The van der Waals surface area contributed by atoms with Gasteiger partial charge in [0.2, 0.25) is 0 Å².